The van der Waals surface area contributed by atoms with Gasteiger partial charge in [-0.15, -0.1) is 0 Å². The van der Waals surface area contributed by atoms with E-state index in [1.807, 2.05) is 0 Å². The first kappa shape index (κ1) is 98.7. The van der Waals surface area contributed by atoms with Gasteiger partial charge in [0, 0.05) is 19.4 Å². The van der Waals surface area contributed by atoms with Crippen molar-refractivity contribution in [2.75, 3.05) is 26.4 Å². The van der Waals surface area contributed by atoms with Crippen molar-refractivity contribution < 1.29 is 37.6 Å². The van der Waals surface area contributed by atoms with Crippen LogP contribution in [0.15, 0.2) is 60.8 Å². The molecule has 0 heterocycles. The molecule has 10 heteroatoms. The molecule has 0 aliphatic heterocycles. The van der Waals surface area contributed by atoms with Crippen molar-refractivity contribution in [3.8, 4) is 0 Å². The first-order chi connectivity index (χ1) is 49.8. The number of carbonyl (C=O) groups excluding carboxylic acids is 2. The minimum Gasteiger partial charge on any atom is -0.462 e. The molecule has 0 rings (SSSR count). The molecule has 0 saturated carbocycles. The number of phosphoric acid groups is 1. The Labute approximate surface area is 629 Å². The average molecular weight is 1440 g/mol. The highest BCUT2D eigenvalue weighted by molar-refractivity contribution is 7.47. The molecular formula is C91H172NO8P. The lowest BCUT2D eigenvalue weighted by atomic mass is 10.0. The van der Waals surface area contributed by atoms with Crippen molar-refractivity contribution in [2.45, 2.75) is 482 Å². The Morgan fingerprint density at radius 3 is 0.812 bits per heavy atom. The number of unbranched alkanes of at least 4 members (excludes halogenated alkanes) is 63. The zero-order valence-corrected chi connectivity index (χ0v) is 68.3. The maximum atomic E-state index is 12.8. The summed E-state index contributed by atoms with van der Waals surface area (Å²) in [5.41, 5.74) is 5.43. The van der Waals surface area contributed by atoms with E-state index in [0.29, 0.717) is 6.42 Å². The Bertz CT molecular complexity index is 1850. The molecule has 0 spiro atoms. The summed E-state index contributed by atoms with van der Waals surface area (Å²) in [6, 6.07) is 0. The Morgan fingerprint density at radius 1 is 0.307 bits per heavy atom. The SMILES string of the molecule is CC/C=C\C/C=C\C/C=C\C/C=C\C/C=C\CCCCCCCCCCCCCCCCCCCCCCCCCCCC(=O)OC(COC(=O)CCCCCCCCCCCCCCCCCCCCCCCCCCCCCCCCCCCCCCCCC)COP(=O)(O)OCCN. The molecule has 2 unspecified atom stereocenters. The van der Waals surface area contributed by atoms with Crippen LogP contribution in [0.25, 0.3) is 0 Å². The molecule has 0 fully saturated rings. The predicted octanol–water partition coefficient (Wildman–Crippen LogP) is 30.4. The maximum Gasteiger partial charge on any atom is 0.472 e. The molecule has 2 atom stereocenters. The van der Waals surface area contributed by atoms with Crippen molar-refractivity contribution in [3.05, 3.63) is 60.8 Å². The van der Waals surface area contributed by atoms with E-state index in [2.05, 4.69) is 74.6 Å². The summed E-state index contributed by atoms with van der Waals surface area (Å²) >= 11 is 0. The van der Waals surface area contributed by atoms with Crippen LogP contribution in [0.2, 0.25) is 0 Å². The summed E-state index contributed by atoms with van der Waals surface area (Å²) in [5.74, 6) is -0.799. The fourth-order valence-electron chi connectivity index (χ4n) is 13.9. The molecule has 0 aromatic heterocycles. The second kappa shape index (κ2) is 86.6. The zero-order chi connectivity index (χ0) is 72.9. The molecule has 0 aliphatic rings. The van der Waals surface area contributed by atoms with Gasteiger partial charge in [0.1, 0.15) is 6.61 Å². The summed E-state index contributed by atoms with van der Waals surface area (Å²) in [6.07, 6.45) is 116. The van der Waals surface area contributed by atoms with Gasteiger partial charge in [0.15, 0.2) is 6.10 Å². The quantitative estimate of drug-likeness (QED) is 0.0264. The fraction of sp³-hybridized carbons (Fsp3) is 0.868. The number of rotatable bonds is 86. The second-order valence-corrected chi connectivity index (χ2v) is 31.9. The summed E-state index contributed by atoms with van der Waals surface area (Å²) < 4.78 is 33.4. The predicted molar refractivity (Wildman–Crippen MR) is 441 cm³/mol. The number of hydrogen-bond donors (Lipinski definition) is 2. The Hall–Kier alpha value is -2.29. The zero-order valence-electron chi connectivity index (χ0n) is 67.4. The Kier molecular flexibility index (Phi) is 84.7. The van der Waals surface area contributed by atoms with Crippen LogP contribution in [0.4, 0.5) is 0 Å². The van der Waals surface area contributed by atoms with Gasteiger partial charge in [-0.05, 0) is 57.8 Å². The summed E-state index contributed by atoms with van der Waals surface area (Å²) in [4.78, 5) is 35.5. The van der Waals surface area contributed by atoms with Gasteiger partial charge < -0.3 is 20.1 Å². The average Bonchev–Trinajstić information content (AvgIpc) is 1.04. The molecule has 0 bridgehead atoms. The smallest absolute Gasteiger partial charge is 0.462 e. The van der Waals surface area contributed by atoms with Gasteiger partial charge >= 0.3 is 19.8 Å². The molecule has 0 aliphatic carbocycles. The number of ether oxygens (including phenoxy) is 2. The van der Waals surface area contributed by atoms with Crippen molar-refractivity contribution in [3.63, 3.8) is 0 Å². The van der Waals surface area contributed by atoms with E-state index in [4.69, 9.17) is 24.3 Å². The van der Waals surface area contributed by atoms with Gasteiger partial charge in [0.25, 0.3) is 0 Å². The number of hydrogen-bond acceptors (Lipinski definition) is 8. The van der Waals surface area contributed by atoms with Crippen LogP contribution in [0, 0.1) is 0 Å². The molecule has 9 nitrogen and oxygen atoms in total. The normalized spacial score (nSPS) is 13.0. The molecular weight excluding hydrogens is 1270 g/mol. The highest BCUT2D eigenvalue weighted by atomic mass is 31.2. The molecule has 0 aromatic rings. The van der Waals surface area contributed by atoms with Crippen LogP contribution in [0.5, 0.6) is 0 Å². The third-order valence-electron chi connectivity index (χ3n) is 20.4. The van der Waals surface area contributed by atoms with Gasteiger partial charge in [0.05, 0.1) is 13.2 Å². The molecule has 0 saturated heterocycles. The van der Waals surface area contributed by atoms with E-state index in [1.54, 1.807) is 0 Å². The van der Waals surface area contributed by atoms with Crippen LogP contribution in [0.1, 0.15) is 476 Å². The lowest BCUT2D eigenvalue weighted by molar-refractivity contribution is -0.161. The topological polar surface area (TPSA) is 134 Å². The molecule has 594 valence electrons. The van der Waals surface area contributed by atoms with Crippen LogP contribution < -0.4 is 5.73 Å². The monoisotopic (exact) mass is 1440 g/mol. The van der Waals surface area contributed by atoms with Crippen molar-refractivity contribution in [2.24, 2.45) is 5.73 Å². The third-order valence-corrected chi connectivity index (χ3v) is 21.4. The van der Waals surface area contributed by atoms with Crippen LogP contribution in [-0.2, 0) is 32.7 Å². The Morgan fingerprint density at radius 2 is 0.545 bits per heavy atom. The largest absolute Gasteiger partial charge is 0.472 e. The van der Waals surface area contributed by atoms with Crippen molar-refractivity contribution in [1.82, 2.24) is 0 Å². The van der Waals surface area contributed by atoms with E-state index in [9.17, 15) is 19.0 Å². The molecule has 101 heavy (non-hydrogen) atoms. The third kappa shape index (κ3) is 86.5. The number of esters is 2. The molecule has 3 N–H and O–H groups in total. The first-order valence-electron chi connectivity index (χ1n) is 44.8. The summed E-state index contributed by atoms with van der Waals surface area (Å²) in [5, 5.41) is 0. The summed E-state index contributed by atoms with van der Waals surface area (Å²) in [6.45, 7) is 3.72. The van der Waals surface area contributed by atoms with Crippen LogP contribution >= 0.6 is 7.82 Å². The van der Waals surface area contributed by atoms with Gasteiger partial charge in [-0.3, -0.25) is 18.6 Å². The number of phosphoric ester groups is 1. The lowest BCUT2D eigenvalue weighted by Gasteiger charge is -2.19. The fourth-order valence-corrected chi connectivity index (χ4v) is 14.6. The number of allylic oxidation sites excluding steroid dienone is 10. The van der Waals surface area contributed by atoms with E-state index < -0.39 is 26.5 Å². The van der Waals surface area contributed by atoms with Gasteiger partial charge in [-0.2, -0.15) is 0 Å². The van der Waals surface area contributed by atoms with Gasteiger partial charge in [-0.1, -0.05) is 466 Å². The van der Waals surface area contributed by atoms with E-state index in [1.165, 1.54) is 379 Å². The van der Waals surface area contributed by atoms with Crippen molar-refractivity contribution in [1.29, 1.82) is 0 Å². The lowest BCUT2D eigenvalue weighted by Crippen LogP contribution is -2.29. The standard InChI is InChI=1S/C91H172NO8P/c1-3-5-7-9-11-13-15-17-19-21-23-25-27-29-31-33-35-37-39-41-43-44-46-48-50-52-54-56-58-60-62-64-66-68-70-72-74-76-78-80-82-84-91(94)100-89(88-99-101(95,96)98-86-85-92)87-97-90(93)83-81-79-77-75-73-71-69-67-65-63-61-59-57-55-53-51-49-47-45-42-40-38-36-34-32-30-28-26-24-22-20-18-16-14-12-10-8-6-4-2/h5,7,11,13,17,19,23,25,29,31,89H,3-4,6,8-10,12,14-16,18,20-22,24,26-28,30,32-88,92H2,1-2H3,(H,95,96)/b7-5-,13-11-,19-17-,25-23-,31-29-. The highest BCUT2D eigenvalue weighted by Crippen LogP contribution is 2.43. The van der Waals surface area contributed by atoms with Crippen molar-refractivity contribution >= 4 is 19.8 Å². The van der Waals surface area contributed by atoms with Crippen LogP contribution in [0.3, 0.4) is 0 Å². The van der Waals surface area contributed by atoms with Gasteiger partial charge in [0.2, 0.25) is 0 Å². The number of nitrogens with two attached hydrogens (primary N) is 1. The van der Waals surface area contributed by atoms with E-state index >= 15 is 0 Å². The minimum absolute atomic E-state index is 0.0564. The first-order valence-corrected chi connectivity index (χ1v) is 46.3. The number of carbonyl (C=O) groups is 2. The molecule has 0 radical (unpaired) electrons. The molecule has 0 amide bonds. The highest BCUT2D eigenvalue weighted by Gasteiger charge is 2.26. The Balaban J connectivity index is 3.69. The maximum absolute atomic E-state index is 12.8. The molecule has 0 aromatic carbocycles. The van der Waals surface area contributed by atoms with Gasteiger partial charge in [-0.25, -0.2) is 4.57 Å². The van der Waals surface area contributed by atoms with E-state index in [0.717, 1.165) is 64.2 Å². The van der Waals surface area contributed by atoms with E-state index in [-0.39, 0.29) is 38.6 Å². The summed E-state index contributed by atoms with van der Waals surface area (Å²) in [7, 11) is -4.40. The van der Waals surface area contributed by atoms with Crippen LogP contribution in [-0.4, -0.2) is 49.3 Å². The minimum atomic E-state index is -4.40. The second-order valence-electron chi connectivity index (χ2n) is 30.5.